The Morgan fingerprint density at radius 2 is 2.17 bits per heavy atom. The minimum atomic E-state index is -0.0953. The predicted octanol–water partition coefficient (Wildman–Crippen LogP) is 2.75. The molecule has 0 aliphatic carbocycles. The zero-order valence-corrected chi connectivity index (χ0v) is 12.0. The first-order valence-corrected chi connectivity index (χ1v) is 6.81. The Bertz CT molecular complexity index is 462. The first kappa shape index (κ1) is 13.2. The number of ether oxygens (including phenoxy) is 2. The van der Waals surface area contributed by atoms with Gasteiger partial charge in [-0.05, 0) is 41.4 Å². The molecule has 0 aromatic heterocycles. The second-order valence-electron chi connectivity index (χ2n) is 4.27. The minimum Gasteiger partial charge on any atom is -0.486 e. The number of fused-ring (bicyclic) bond motifs is 1. The van der Waals surface area contributed by atoms with Gasteiger partial charge in [-0.1, -0.05) is 6.92 Å². The molecule has 0 saturated carbocycles. The van der Waals surface area contributed by atoms with E-state index in [4.69, 9.17) is 9.47 Å². The van der Waals surface area contributed by atoms with E-state index in [1.54, 1.807) is 12.1 Å². The van der Waals surface area contributed by atoms with Crippen LogP contribution in [-0.4, -0.2) is 25.2 Å². The fraction of sp³-hybridized carbons (Fsp3) is 0.462. The van der Waals surface area contributed by atoms with Crippen molar-refractivity contribution in [2.24, 2.45) is 0 Å². The number of carbonyl (C=O) groups excluding carboxylic acids is 1. The van der Waals surface area contributed by atoms with Crippen LogP contribution in [0.1, 0.15) is 30.6 Å². The Balaban J connectivity index is 2.24. The average molecular weight is 314 g/mol. The van der Waals surface area contributed by atoms with Crippen LogP contribution in [0.3, 0.4) is 0 Å². The van der Waals surface area contributed by atoms with Crippen molar-refractivity contribution >= 4 is 21.8 Å². The maximum absolute atomic E-state index is 12.0. The molecule has 0 fully saturated rings. The maximum Gasteiger partial charge on any atom is 0.251 e. The normalized spacial score (nSPS) is 15.1. The van der Waals surface area contributed by atoms with Crippen LogP contribution in [0.25, 0.3) is 0 Å². The fourth-order valence-corrected chi connectivity index (χ4v) is 2.21. The molecule has 1 amide bonds. The highest BCUT2D eigenvalue weighted by Crippen LogP contribution is 2.38. The molecule has 2 rings (SSSR count). The third kappa shape index (κ3) is 2.77. The average Bonchev–Trinajstić information content (AvgIpc) is 2.38. The Labute approximate surface area is 115 Å². The second kappa shape index (κ2) is 5.61. The molecule has 1 aromatic carbocycles. The molecule has 1 atom stereocenters. The molecule has 18 heavy (non-hydrogen) atoms. The van der Waals surface area contributed by atoms with E-state index in [1.807, 2.05) is 13.8 Å². The van der Waals surface area contributed by atoms with E-state index in [9.17, 15) is 4.79 Å². The van der Waals surface area contributed by atoms with Crippen LogP contribution in [0, 0.1) is 0 Å². The van der Waals surface area contributed by atoms with Crippen molar-refractivity contribution in [3.05, 3.63) is 22.2 Å². The van der Waals surface area contributed by atoms with E-state index in [-0.39, 0.29) is 11.9 Å². The summed E-state index contributed by atoms with van der Waals surface area (Å²) in [6.45, 7) is 5.05. The van der Waals surface area contributed by atoms with Crippen molar-refractivity contribution in [2.45, 2.75) is 26.3 Å². The van der Waals surface area contributed by atoms with Gasteiger partial charge in [0, 0.05) is 11.6 Å². The third-order valence-electron chi connectivity index (χ3n) is 2.85. The molecule has 1 aromatic rings. The van der Waals surface area contributed by atoms with Gasteiger partial charge in [0.15, 0.2) is 11.5 Å². The summed E-state index contributed by atoms with van der Waals surface area (Å²) in [7, 11) is 0. The Hall–Kier alpha value is -1.23. The molecule has 0 saturated heterocycles. The summed E-state index contributed by atoms with van der Waals surface area (Å²) in [4.78, 5) is 12.0. The van der Waals surface area contributed by atoms with Crippen molar-refractivity contribution in [3.8, 4) is 11.5 Å². The van der Waals surface area contributed by atoms with E-state index in [1.165, 1.54) is 0 Å². The highest BCUT2D eigenvalue weighted by Gasteiger charge is 2.19. The van der Waals surface area contributed by atoms with Crippen LogP contribution in [0.5, 0.6) is 11.5 Å². The van der Waals surface area contributed by atoms with Gasteiger partial charge in [0.2, 0.25) is 0 Å². The molecule has 1 N–H and O–H groups in total. The molecule has 0 radical (unpaired) electrons. The van der Waals surface area contributed by atoms with Gasteiger partial charge in [0.1, 0.15) is 13.2 Å². The van der Waals surface area contributed by atoms with E-state index < -0.39 is 0 Å². The lowest BCUT2D eigenvalue weighted by molar-refractivity contribution is 0.0938. The van der Waals surface area contributed by atoms with Gasteiger partial charge in [-0.15, -0.1) is 0 Å². The molecule has 1 aliphatic rings. The van der Waals surface area contributed by atoms with Gasteiger partial charge in [-0.2, -0.15) is 0 Å². The number of carbonyl (C=O) groups is 1. The zero-order valence-electron chi connectivity index (χ0n) is 10.5. The van der Waals surface area contributed by atoms with Crippen molar-refractivity contribution in [1.29, 1.82) is 0 Å². The molecular weight excluding hydrogens is 298 g/mol. The molecule has 1 unspecified atom stereocenters. The first-order valence-electron chi connectivity index (χ1n) is 6.01. The lowest BCUT2D eigenvalue weighted by atomic mass is 10.1. The van der Waals surface area contributed by atoms with E-state index in [0.717, 1.165) is 10.9 Å². The van der Waals surface area contributed by atoms with Crippen molar-refractivity contribution in [2.75, 3.05) is 13.2 Å². The molecule has 5 heteroatoms. The monoisotopic (exact) mass is 313 g/mol. The van der Waals surface area contributed by atoms with Crippen molar-refractivity contribution in [1.82, 2.24) is 5.32 Å². The molecule has 1 aliphatic heterocycles. The van der Waals surface area contributed by atoms with Crippen LogP contribution >= 0.6 is 15.9 Å². The quantitative estimate of drug-likeness (QED) is 0.933. The van der Waals surface area contributed by atoms with Crippen molar-refractivity contribution < 1.29 is 14.3 Å². The van der Waals surface area contributed by atoms with Gasteiger partial charge in [-0.3, -0.25) is 4.79 Å². The third-order valence-corrected chi connectivity index (χ3v) is 3.44. The van der Waals surface area contributed by atoms with Crippen LogP contribution in [0.15, 0.2) is 16.6 Å². The Morgan fingerprint density at radius 1 is 1.44 bits per heavy atom. The lowest BCUT2D eigenvalue weighted by Crippen LogP contribution is -2.32. The summed E-state index contributed by atoms with van der Waals surface area (Å²) in [5, 5.41) is 2.92. The van der Waals surface area contributed by atoms with Crippen LogP contribution in [0.4, 0.5) is 0 Å². The molecule has 1 heterocycles. The smallest absolute Gasteiger partial charge is 0.251 e. The van der Waals surface area contributed by atoms with E-state index >= 15 is 0 Å². The highest BCUT2D eigenvalue weighted by molar-refractivity contribution is 9.10. The number of hydrogen-bond acceptors (Lipinski definition) is 3. The van der Waals surface area contributed by atoms with E-state index in [0.29, 0.717) is 30.3 Å². The summed E-state index contributed by atoms with van der Waals surface area (Å²) in [6.07, 6.45) is 0.900. The largest absolute Gasteiger partial charge is 0.486 e. The van der Waals surface area contributed by atoms with Gasteiger partial charge in [0.05, 0.1) is 4.47 Å². The van der Waals surface area contributed by atoms with E-state index in [2.05, 4.69) is 21.2 Å². The second-order valence-corrected chi connectivity index (χ2v) is 5.12. The summed E-state index contributed by atoms with van der Waals surface area (Å²) in [5.74, 6) is 1.19. The number of rotatable bonds is 3. The Kier molecular flexibility index (Phi) is 4.11. The standard InChI is InChI=1S/C13H16BrNO3/c1-3-8(2)15-13(16)9-6-10(14)12-11(7-9)17-4-5-18-12/h6-8H,3-5H2,1-2H3,(H,15,16). The summed E-state index contributed by atoms with van der Waals surface area (Å²) < 4.78 is 11.7. The number of nitrogens with one attached hydrogen (secondary N) is 1. The number of amides is 1. The summed E-state index contributed by atoms with van der Waals surface area (Å²) >= 11 is 3.40. The highest BCUT2D eigenvalue weighted by atomic mass is 79.9. The number of hydrogen-bond donors (Lipinski definition) is 1. The molecule has 0 spiro atoms. The number of halogens is 1. The lowest BCUT2D eigenvalue weighted by Gasteiger charge is -2.20. The zero-order chi connectivity index (χ0) is 13.1. The number of benzene rings is 1. The molecule has 4 nitrogen and oxygen atoms in total. The van der Waals surface area contributed by atoms with Gasteiger partial charge in [0.25, 0.3) is 5.91 Å². The predicted molar refractivity (Wildman–Crippen MR) is 72.4 cm³/mol. The molecular formula is C13H16BrNO3. The first-order chi connectivity index (χ1) is 8.61. The van der Waals surface area contributed by atoms with Gasteiger partial charge in [-0.25, -0.2) is 0 Å². The van der Waals surface area contributed by atoms with Gasteiger partial charge >= 0.3 is 0 Å². The van der Waals surface area contributed by atoms with Gasteiger partial charge < -0.3 is 14.8 Å². The minimum absolute atomic E-state index is 0.0953. The van der Waals surface area contributed by atoms with Crippen LogP contribution in [0.2, 0.25) is 0 Å². The SMILES string of the molecule is CCC(C)NC(=O)c1cc(Br)c2c(c1)OCCO2. The molecule has 98 valence electrons. The van der Waals surface area contributed by atoms with Crippen LogP contribution in [-0.2, 0) is 0 Å². The Morgan fingerprint density at radius 3 is 2.89 bits per heavy atom. The van der Waals surface area contributed by atoms with Crippen molar-refractivity contribution in [3.63, 3.8) is 0 Å². The molecule has 0 bridgehead atoms. The topological polar surface area (TPSA) is 47.6 Å². The summed E-state index contributed by atoms with van der Waals surface area (Å²) in [5.41, 5.74) is 0.575. The summed E-state index contributed by atoms with van der Waals surface area (Å²) in [6, 6.07) is 3.63. The maximum atomic E-state index is 12.0. The van der Waals surface area contributed by atoms with Crippen LogP contribution < -0.4 is 14.8 Å². The fourth-order valence-electron chi connectivity index (χ4n) is 1.65.